The van der Waals surface area contributed by atoms with Gasteiger partial charge in [0.2, 0.25) is 5.91 Å². The Morgan fingerprint density at radius 3 is 3.00 bits per heavy atom. The van der Waals surface area contributed by atoms with Gasteiger partial charge in [-0.05, 0) is 18.6 Å². The van der Waals surface area contributed by atoms with Crippen molar-refractivity contribution < 1.29 is 9.53 Å². The monoisotopic (exact) mass is 273 g/mol. The van der Waals surface area contributed by atoms with Crippen molar-refractivity contribution in [2.24, 2.45) is 5.73 Å². The first-order valence-corrected chi connectivity index (χ1v) is 6.33. The third-order valence-electron chi connectivity index (χ3n) is 3.33. The lowest BCUT2D eigenvalue weighted by Crippen LogP contribution is -2.51. The van der Waals surface area contributed by atoms with Crippen molar-refractivity contribution in [3.63, 3.8) is 0 Å². The molecule has 0 radical (unpaired) electrons. The zero-order valence-corrected chi connectivity index (χ0v) is 10.8. The van der Waals surface area contributed by atoms with Crippen LogP contribution in [0.1, 0.15) is 6.42 Å². The molecule has 7 nitrogen and oxygen atoms in total. The Balaban J connectivity index is 1.86. The lowest BCUT2D eigenvalue weighted by molar-refractivity contribution is -0.121. The molecule has 0 aliphatic carbocycles. The van der Waals surface area contributed by atoms with Gasteiger partial charge in [0.05, 0.1) is 30.4 Å². The molecule has 1 unspecified atom stereocenters. The van der Waals surface area contributed by atoms with Gasteiger partial charge in [-0.1, -0.05) is 17.3 Å². The van der Waals surface area contributed by atoms with Gasteiger partial charge in [-0.15, -0.1) is 5.10 Å². The summed E-state index contributed by atoms with van der Waals surface area (Å²) < 4.78 is 6.80. The summed E-state index contributed by atoms with van der Waals surface area (Å²) in [7, 11) is 0. The Morgan fingerprint density at radius 2 is 2.30 bits per heavy atom. The predicted octanol–water partition coefficient (Wildman–Crippen LogP) is 0.324. The number of aromatic nitrogens is 3. The summed E-state index contributed by atoms with van der Waals surface area (Å²) in [5.41, 5.74) is 6.46. The minimum absolute atomic E-state index is 0.240. The topological polar surface area (TPSA) is 95.1 Å². The molecule has 1 saturated heterocycles. The smallest absolute Gasteiger partial charge is 0.247 e. The zero-order chi connectivity index (χ0) is 14.0. The number of carbonyl (C=O) groups excluding carboxylic acids is 1. The minimum Gasteiger partial charge on any atom is -0.379 e. The second kappa shape index (κ2) is 5.03. The fourth-order valence-corrected chi connectivity index (χ4v) is 2.12. The van der Waals surface area contributed by atoms with Crippen LogP contribution in [0.15, 0.2) is 36.7 Å². The van der Waals surface area contributed by atoms with Crippen molar-refractivity contribution in [1.82, 2.24) is 15.0 Å². The SMILES string of the molecule is NC1(C(=O)Nc2ccccc2-n2ccnn2)CCOC1. The normalized spacial score (nSPS) is 21.9. The number of anilines is 1. The van der Waals surface area contributed by atoms with Crippen LogP contribution in [0.2, 0.25) is 0 Å². The fourth-order valence-electron chi connectivity index (χ4n) is 2.12. The third kappa shape index (κ3) is 2.28. The van der Waals surface area contributed by atoms with E-state index in [0.717, 1.165) is 5.69 Å². The summed E-state index contributed by atoms with van der Waals surface area (Å²) in [6.07, 6.45) is 3.81. The lowest BCUT2D eigenvalue weighted by Gasteiger charge is -2.21. The van der Waals surface area contributed by atoms with E-state index in [1.54, 1.807) is 23.1 Å². The van der Waals surface area contributed by atoms with Gasteiger partial charge in [-0.2, -0.15) is 0 Å². The van der Waals surface area contributed by atoms with Crippen LogP contribution >= 0.6 is 0 Å². The summed E-state index contributed by atoms with van der Waals surface area (Å²) in [6.45, 7) is 0.749. The van der Waals surface area contributed by atoms with E-state index in [4.69, 9.17) is 10.5 Å². The number of carbonyl (C=O) groups is 1. The fraction of sp³-hybridized carbons (Fsp3) is 0.308. The second-order valence-electron chi connectivity index (χ2n) is 4.78. The van der Waals surface area contributed by atoms with Crippen molar-refractivity contribution in [3.8, 4) is 5.69 Å². The molecule has 1 aliphatic heterocycles. The molecule has 2 heterocycles. The molecule has 104 valence electrons. The molecule has 1 amide bonds. The number of ether oxygens (including phenoxy) is 1. The van der Waals surface area contributed by atoms with Gasteiger partial charge in [-0.25, -0.2) is 4.68 Å². The van der Waals surface area contributed by atoms with Crippen molar-refractivity contribution >= 4 is 11.6 Å². The number of nitrogens with two attached hydrogens (primary N) is 1. The van der Waals surface area contributed by atoms with Crippen LogP contribution in [0, 0.1) is 0 Å². The number of hydrogen-bond donors (Lipinski definition) is 2. The van der Waals surface area contributed by atoms with Crippen molar-refractivity contribution in [2.45, 2.75) is 12.0 Å². The van der Waals surface area contributed by atoms with Crippen molar-refractivity contribution in [3.05, 3.63) is 36.7 Å². The maximum absolute atomic E-state index is 12.3. The van der Waals surface area contributed by atoms with E-state index in [1.165, 1.54) is 0 Å². The van der Waals surface area contributed by atoms with E-state index in [2.05, 4.69) is 15.6 Å². The van der Waals surface area contributed by atoms with Gasteiger partial charge in [0.15, 0.2) is 0 Å². The number of benzene rings is 1. The Hall–Kier alpha value is -2.25. The summed E-state index contributed by atoms with van der Waals surface area (Å²) in [4.78, 5) is 12.3. The van der Waals surface area contributed by atoms with Gasteiger partial charge in [0.25, 0.3) is 0 Å². The molecule has 1 aliphatic rings. The molecule has 20 heavy (non-hydrogen) atoms. The Kier molecular flexibility index (Phi) is 3.21. The summed E-state index contributed by atoms with van der Waals surface area (Å²) in [5.74, 6) is -0.248. The highest BCUT2D eigenvalue weighted by Crippen LogP contribution is 2.22. The number of hydrogen-bond acceptors (Lipinski definition) is 5. The molecule has 1 atom stereocenters. The van der Waals surface area contributed by atoms with E-state index in [-0.39, 0.29) is 12.5 Å². The highest BCUT2D eigenvalue weighted by Gasteiger charge is 2.38. The number of amides is 1. The number of rotatable bonds is 3. The van der Waals surface area contributed by atoms with Crippen LogP contribution in [-0.2, 0) is 9.53 Å². The summed E-state index contributed by atoms with van der Waals surface area (Å²) in [5, 5.41) is 10.5. The Labute approximate surface area is 115 Å². The maximum Gasteiger partial charge on any atom is 0.247 e. The molecule has 1 aromatic carbocycles. The molecule has 3 rings (SSSR count). The van der Waals surface area contributed by atoms with Gasteiger partial charge >= 0.3 is 0 Å². The van der Waals surface area contributed by atoms with Crippen LogP contribution in [0.25, 0.3) is 5.69 Å². The lowest BCUT2D eigenvalue weighted by atomic mass is 9.99. The Bertz CT molecular complexity index is 605. The van der Waals surface area contributed by atoms with E-state index >= 15 is 0 Å². The highest BCUT2D eigenvalue weighted by atomic mass is 16.5. The van der Waals surface area contributed by atoms with Crippen LogP contribution in [0.4, 0.5) is 5.69 Å². The molecule has 0 bridgehead atoms. The van der Waals surface area contributed by atoms with Gasteiger partial charge in [0, 0.05) is 6.61 Å². The largest absolute Gasteiger partial charge is 0.379 e. The molecule has 2 aromatic rings. The highest BCUT2D eigenvalue weighted by molar-refractivity contribution is 5.99. The van der Waals surface area contributed by atoms with Crippen LogP contribution < -0.4 is 11.1 Å². The quantitative estimate of drug-likeness (QED) is 0.840. The summed E-state index contributed by atoms with van der Waals surface area (Å²) in [6, 6.07) is 7.35. The first kappa shape index (κ1) is 12.8. The number of para-hydroxylation sites is 2. The van der Waals surface area contributed by atoms with Crippen LogP contribution in [0.3, 0.4) is 0 Å². The average Bonchev–Trinajstić information content (AvgIpc) is 3.11. The molecular weight excluding hydrogens is 258 g/mol. The molecule has 3 N–H and O–H groups in total. The zero-order valence-electron chi connectivity index (χ0n) is 10.8. The molecule has 0 saturated carbocycles. The van der Waals surface area contributed by atoms with Crippen LogP contribution in [-0.4, -0.2) is 39.7 Å². The third-order valence-corrected chi connectivity index (χ3v) is 3.33. The van der Waals surface area contributed by atoms with E-state index in [9.17, 15) is 4.79 Å². The predicted molar refractivity (Wildman–Crippen MR) is 72.3 cm³/mol. The van der Waals surface area contributed by atoms with E-state index < -0.39 is 5.54 Å². The number of nitrogens with zero attached hydrogens (tertiary/aromatic N) is 3. The number of nitrogens with one attached hydrogen (secondary N) is 1. The van der Waals surface area contributed by atoms with E-state index in [0.29, 0.717) is 18.7 Å². The Morgan fingerprint density at radius 1 is 1.45 bits per heavy atom. The molecule has 1 fully saturated rings. The van der Waals surface area contributed by atoms with Gasteiger partial charge in [-0.3, -0.25) is 4.79 Å². The minimum atomic E-state index is -0.963. The van der Waals surface area contributed by atoms with Gasteiger partial charge < -0.3 is 15.8 Å². The molecule has 0 spiro atoms. The van der Waals surface area contributed by atoms with E-state index in [1.807, 2.05) is 18.2 Å². The van der Waals surface area contributed by atoms with Gasteiger partial charge in [0.1, 0.15) is 5.54 Å². The molecular formula is C13H15N5O2. The molecule has 7 heteroatoms. The average molecular weight is 273 g/mol. The first-order chi connectivity index (χ1) is 9.69. The first-order valence-electron chi connectivity index (χ1n) is 6.33. The standard InChI is InChI=1S/C13H15N5O2/c14-13(5-8-20-9-13)12(19)16-10-3-1-2-4-11(10)18-7-6-15-17-18/h1-4,6-7H,5,8-9,14H2,(H,16,19). The van der Waals surface area contributed by atoms with Crippen LogP contribution in [0.5, 0.6) is 0 Å². The maximum atomic E-state index is 12.3. The second-order valence-corrected chi connectivity index (χ2v) is 4.78. The van der Waals surface area contributed by atoms with Crippen molar-refractivity contribution in [2.75, 3.05) is 18.5 Å². The molecule has 1 aromatic heterocycles. The van der Waals surface area contributed by atoms with Crippen molar-refractivity contribution in [1.29, 1.82) is 0 Å². The summed E-state index contributed by atoms with van der Waals surface area (Å²) >= 11 is 0.